The molecule has 1 saturated carbocycles. The molecular formula is C15H17F2N3. The SMILES string of the molecule is NC1CCCC(c2ncc(-c3cc(F)ccc3F)[nH]2)C1. The highest BCUT2D eigenvalue weighted by Gasteiger charge is 2.23. The van der Waals surface area contributed by atoms with Gasteiger partial charge in [-0.1, -0.05) is 6.42 Å². The first-order valence-corrected chi connectivity index (χ1v) is 6.89. The molecule has 3 rings (SSSR count). The standard InChI is InChI=1S/C15H17F2N3/c16-10-4-5-13(17)12(7-10)14-8-19-15(20-14)9-2-1-3-11(18)6-9/h4-5,7-9,11H,1-3,6,18H2,(H,19,20). The summed E-state index contributed by atoms with van der Waals surface area (Å²) >= 11 is 0. The number of H-pyrrole nitrogens is 1. The number of rotatable bonds is 2. The fourth-order valence-electron chi connectivity index (χ4n) is 2.86. The van der Waals surface area contributed by atoms with Gasteiger partial charge in [-0.3, -0.25) is 0 Å². The first-order chi connectivity index (χ1) is 9.63. The normalized spacial score (nSPS) is 22.9. The van der Waals surface area contributed by atoms with E-state index in [1.165, 1.54) is 6.07 Å². The van der Waals surface area contributed by atoms with E-state index in [2.05, 4.69) is 9.97 Å². The lowest BCUT2D eigenvalue weighted by molar-refractivity contribution is 0.383. The van der Waals surface area contributed by atoms with Crippen molar-refractivity contribution in [2.45, 2.75) is 37.6 Å². The average molecular weight is 277 g/mol. The van der Waals surface area contributed by atoms with Crippen molar-refractivity contribution >= 4 is 0 Å². The van der Waals surface area contributed by atoms with Crippen LogP contribution < -0.4 is 5.73 Å². The van der Waals surface area contributed by atoms with Gasteiger partial charge in [-0.2, -0.15) is 0 Å². The Morgan fingerprint density at radius 2 is 2.10 bits per heavy atom. The average Bonchev–Trinajstić information content (AvgIpc) is 2.91. The second kappa shape index (κ2) is 5.32. The van der Waals surface area contributed by atoms with E-state index in [-0.39, 0.29) is 17.5 Å². The number of imidazole rings is 1. The Kier molecular flexibility index (Phi) is 3.53. The Bertz CT molecular complexity index is 609. The van der Waals surface area contributed by atoms with Gasteiger partial charge in [0.25, 0.3) is 0 Å². The fourth-order valence-corrected chi connectivity index (χ4v) is 2.86. The summed E-state index contributed by atoms with van der Waals surface area (Å²) in [4.78, 5) is 7.44. The maximum absolute atomic E-state index is 13.7. The van der Waals surface area contributed by atoms with Crippen LogP contribution in [0.1, 0.15) is 37.4 Å². The van der Waals surface area contributed by atoms with Crippen LogP contribution in [0.15, 0.2) is 24.4 Å². The largest absolute Gasteiger partial charge is 0.342 e. The van der Waals surface area contributed by atoms with Crippen LogP contribution in [0.2, 0.25) is 0 Å². The summed E-state index contributed by atoms with van der Waals surface area (Å²) in [7, 11) is 0. The molecule has 1 aromatic heterocycles. The van der Waals surface area contributed by atoms with Gasteiger partial charge in [-0.25, -0.2) is 13.8 Å². The summed E-state index contributed by atoms with van der Waals surface area (Å²) in [5.41, 5.74) is 6.70. The molecule has 0 bridgehead atoms. The third-order valence-corrected chi connectivity index (χ3v) is 3.92. The first kappa shape index (κ1) is 13.2. The number of nitrogens with one attached hydrogen (secondary N) is 1. The number of benzene rings is 1. The molecule has 1 aliphatic rings. The molecule has 1 fully saturated rings. The van der Waals surface area contributed by atoms with E-state index in [0.717, 1.165) is 43.6 Å². The van der Waals surface area contributed by atoms with Crippen molar-refractivity contribution in [2.75, 3.05) is 0 Å². The molecule has 0 radical (unpaired) electrons. The van der Waals surface area contributed by atoms with Gasteiger partial charge in [0.15, 0.2) is 0 Å². The topological polar surface area (TPSA) is 54.7 Å². The van der Waals surface area contributed by atoms with Crippen LogP contribution in [-0.4, -0.2) is 16.0 Å². The molecular weight excluding hydrogens is 260 g/mol. The van der Waals surface area contributed by atoms with Crippen molar-refractivity contribution in [3.05, 3.63) is 41.9 Å². The molecule has 3 nitrogen and oxygen atoms in total. The maximum Gasteiger partial charge on any atom is 0.132 e. The van der Waals surface area contributed by atoms with E-state index in [9.17, 15) is 8.78 Å². The van der Waals surface area contributed by atoms with Crippen LogP contribution in [0.3, 0.4) is 0 Å². The molecule has 0 spiro atoms. The Balaban J connectivity index is 1.88. The Labute approximate surface area is 116 Å². The van der Waals surface area contributed by atoms with Crippen molar-refractivity contribution in [3.63, 3.8) is 0 Å². The molecule has 1 heterocycles. The number of nitrogens with two attached hydrogens (primary N) is 1. The van der Waals surface area contributed by atoms with Crippen LogP contribution in [-0.2, 0) is 0 Å². The number of halogens is 2. The minimum Gasteiger partial charge on any atom is -0.342 e. The van der Waals surface area contributed by atoms with E-state index in [1.807, 2.05) is 0 Å². The summed E-state index contributed by atoms with van der Waals surface area (Å²) in [6.07, 6.45) is 5.61. The second-order valence-corrected chi connectivity index (χ2v) is 5.43. The van der Waals surface area contributed by atoms with E-state index >= 15 is 0 Å². The summed E-state index contributed by atoms with van der Waals surface area (Å²) in [6, 6.07) is 3.62. The van der Waals surface area contributed by atoms with Crippen LogP contribution in [0.25, 0.3) is 11.3 Å². The lowest BCUT2D eigenvalue weighted by atomic mass is 9.86. The van der Waals surface area contributed by atoms with E-state index in [4.69, 9.17) is 5.73 Å². The molecule has 106 valence electrons. The first-order valence-electron chi connectivity index (χ1n) is 6.89. The smallest absolute Gasteiger partial charge is 0.132 e. The van der Waals surface area contributed by atoms with Crippen LogP contribution in [0, 0.1) is 11.6 Å². The Morgan fingerprint density at radius 3 is 2.90 bits per heavy atom. The fraction of sp³-hybridized carbons (Fsp3) is 0.400. The molecule has 20 heavy (non-hydrogen) atoms. The van der Waals surface area contributed by atoms with Crippen LogP contribution >= 0.6 is 0 Å². The van der Waals surface area contributed by atoms with Crippen molar-refractivity contribution in [2.24, 2.45) is 5.73 Å². The molecule has 0 amide bonds. The monoisotopic (exact) mass is 277 g/mol. The van der Waals surface area contributed by atoms with Gasteiger partial charge in [0, 0.05) is 17.5 Å². The van der Waals surface area contributed by atoms with E-state index in [0.29, 0.717) is 5.69 Å². The van der Waals surface area contributed by atoms with E-state index < -0.39 is 11.6 Å². The van der Waals surface area contributed by atoms with Gasteiger partial charge in [-0.15, -0.1) is 0 Å². The number of nitrogens with zero attached hydrogens (tertiary/aromatic N) is 1. The van der Waals surface area contributed by atoms with Gasteiger partial charge >= 0.3 is 0 Å². The zero-order chi connectivity index (χ0) is 14.1. The molecule has 0 saturated heterocycles. The summed E-state index contributed by atoms with van der Waals surface area (Å²) in [6.45, 7) is 0. The molecule has 3 N–H and O–H groups in total. The van der Waals surface area contributed by atoms with Crippen molar-refractivity contribution < 1.29 is 8.78 Å². The summed E-state index contributed by atoms with van der Waals surface area (Å²) in [5, 5.41) is 0. The highest BCUT2D eigenvalue weighted by atomic mass is 19.1. The number of aromatic nitrogens is 2. The molecule has 2 aromatic rings. The van der Waals surface area contributed by atoms with Crippen LogP contribution in [0.4, 0.5) is 8.78 Å². The van der Waals surface area contributed by atoms with Crippen molar-refractivity contribution in [3.8, 4) is 11.3 Å². The predicted octanol–water partition coefficient (Wildman–Crippen LogP) is 3.34. The van der Waals surface area contributed by atoms with Gasteiger partial charge in [0.05, 0.1) is 11.9 Å². The van der Waals surface area contributed by atoms with Crippen LogP contribution in [0.5, 0.6) is 0 Å². The van der Waals surface area contributed by atoms with Gasteiger partial charge in [0.2, 0.25) is 0 Å². The molecule has 5 heteroatoms. The minimum atomic E-state index is -0.461. The van der Waals surface area contributed by atoms with Gasteiger partial charge in [0.1, 0.15) is 17.5 Å². The third-order valence-electron chi connectivity index (χ3n) is 3.92. The molecule has 1 aromatic carbocycles. The number of aromatic amines is 1. The molecule has 0 aliphatic heterocycles. The zero-order valence-electron chi connectivity index (χ0n) is 11.1. The highest BCUT2D eigenvalue weighted by molar-refractivity contribution is 5.59. The third kappa shape index (κ3) is 2.58. The number of hydrogen-bond donors (Lipinski definition) is 2. The van der Waals surface area contributed by atoms with Gasteiger partial charge in [-0.05, 0) is 37.5 Å². The summed E-state index contributed by atoms with van der Waals surface area (Å²) < 4.78 is 27.0. The quantitative estimate of drug-likeness (QED) is 0.884. The maximum atomic E-state index is 13.7. The summed E-state index contributed by atoms with van der Waals surface area (Å²) in [5.74, 6) is 0.183. The highest BCUT2D eigenvalue weighted by Crippen LogP contribution is 2.32. The minimum absolute atomic E-state index is 0.202. The van der Waals surface area contributed by atoms with E-state index in [1.54, 1.807) is 6.20 Å². The zero-order valence-corrected chi connectivity index (χ0v) is 11.1. The molecule has 2 unspecified atom stereocenters. The molecule has 1 aliphatic carbocycles. The lowest BCUT2D eigenvalue weighted by Crippen LogP contribution is -2.27. The Morgan fingerprint density at radius 1 is 1.25 bits per heavy atom. The van der Waals surface area contributed by atoms with Crippen molar-refractivity contribution in [1.29, 1.82) is 0 Å². The lowest BCUT2D eigenvalue weighted by Gasteiger charge is -2.24. The predicted molar refractivity (Wildman–Crippen MR) is 73.1 cm³/mol. The Hall–Kier alpha value is -1.75. The molecule has 2 atom stereocenters. The second-order valence-electron chi connectivity index (χ2n) is 5.43. The number of hydrogen-bond acceptors (Lipinski definition) is 2. The van der Waals surface area contributed by atoms with Gasteiger partial charge < -0.3 is 10.7 Å². The van der Waals surface area contributed by atoms with Crippen molar-refractivity contribution in [1.82, 2.24) is 9.97 Å².